The normalized spacial score (nSPS) is 22.4. The Kier molecular flexibility index (Phi) is 2.56. The fraction of sp³-hybridized carbons (Fsp3) is 0.308. The van der Waals surface area contributed by atoms with Crippen molar-refractivity contribution in [2.24, 2.45) is 12.8 Å². The Hall–Kier alpha value is -1.88. The third kappa shape index (κ3) is 1.76. The average Bonchev–Trinajstić information content (AvgIpc) is 2.76. The van der Waals surface area contributed by atoms with Gasteiger partial charge >= 0.3 is 0 Å². The van der Waals surface area contributed by atoms with Crippen LogP contribution in [0.15, 0.2) is 30.7 Å². The van der Waals surface area contributed by atoms with Gasteiger partial charge in [-0.2, -0.15) is 0 Å². The number of fused-ring (bicyclic) bond motifs is 1. The number of hydrogen-bond donors (Lipinski definition) is 1. The molecule has 1 aliphatic heterocycles. The van der Waals surface area contributed by atoms with E-state index < -0.39 is 0 Å². The van der Waals surface area contributed by atoms with Crippen LogP contribution >= 0.6 is 0 Å². The predicted molar refractivity (Wildman–Crippen MR) is 64.5 cm³/mol. The molecule has 0 radical (unpaired) electrons. The third-order valence-electron chi connectivity index (χ3n) is 3.29. The van der Waals surface area contributed by atoms with Gasteiger partial charge in [-0.15, -0.1) is 0 Å². The summed E-state index contributed by atoms with van der Waals surface area (Å²) in [5.41, 5.74) is 7.79. The Morgan fingerprint density at radius 3 is 3.06 bits per heavy atom. The fourth-order valence-electron chi connectivity index (χ4n) is 2.33. The van der Waals surface area contributed by atoms with Crippen molar-refractivity contribution in [1.82, 2.24) is 9.55 Å². The molecule has 0 aliphatic carbocycles. The van der Waals surface area contributed by atoms with Crippen LogP contribution < -0.4 is 10.5 Å². The zero-order chi connectivity index (χ0) is 12.7. The van der Waals surface area contributed by atoms with Crippen LogP contribution in [-0.4, -0.2) is 9.55 Å². The highest BCUT2D eigenvalue weighted by molar-refractivity contribution is 5.39. The minimum Gasteiger partial charge on any atom is -0.484 e. The smallest absolute Gasteiger partial charge is 0.142 e. The van der Waals surface area contributed by atoms with Gasteiger partial charge in [-0.25, -0.2) is 9.37 Å². The second kappa shape index (κ2) is 4.10. The second-order valence-electron chi connectivity index (χ2n) is 4.56. The van der Waals surface area contributed by atoms with Crippen LogP contribution in [-0.2, 0) is 7.05 Å². The highest BCUT2D eigenvalue weighted by Gasteiger charge is 2.28. The molecular weight excluding hydrogens is 233 g/mol. The molecule has 94 valence electrons. The molecule has 4 nitrogen and oxygen atoms in total. The lowest BCUT2D eigenvalue weighted by Crippen LogP contribution is -2.25. The van der Waals surface area contributed by atoms with E-state index in [1.165, 1.54) is 12.1 Å². The van der Waals surface area contributed by atoms with Crippen molar-refractivity contribution in [2.45, 2.75) is 18.6 Å². The molecule has 3 rings (SSSR count). The highest BCUT2D eigenvalue weighted by Crippen LogP contribution is 2.39. The van der Waals surface area contributed by atoms with E-state index in [0.29, 0.717) is 12.2 Å². The van der Waals surface area contributed by atoms with Crippen molar-refractivity contribution in [3.63, 3.8) is 0 Å². The zero-order valence-corrected chi connectivity index (χ0v) is 10.0. The second-order valence-corrected chi connectivity index (χ2v) is 4.56. The van der Waals surface area contributed by atoms with E-state index in [-0.39, 0.29) is 18.0 Å². The molecule has 2 aromatic rings. The van der Waals surface area contributed by atoms with Crippen molar-refractivity contribution >= 4 is 0 Å². The molecule has 1 aromatic carbocycles. The fourth-order valence-corrected chi connectivity index (χ4v) is 2.33. The molecule has 0 fully saturated rings. The molecule has 18 heavy (non-hydrogen) atoms. The first kappa shape index (κ1) is 11.2. The summed E-state index contributed by atoms with van der Waals surface area (Å²) in [5.74, 6) is 0.369. The summed E-state index contributed by atoms with van der Waals surface area (Å²) in [6.07, 6.45) is 3.98. The van der Waals surface area contributed by atoms with E-state index in [4.69, 9.17) is 10.5 Å². The summed E-state index contributed by atoms with van der Waals surface area (Å²) in [7, 11) is 1.91. The largest absolute Gasteiger partial charge is 0.484 e. The Bertz CT molecular complexity index is 581. The molecule has 0 bridgehead atoms. The van der Waals surface area contributed by atoms with Gasteiger partial charge < -0.3 is 15.0 Å². The molecule has 2 atom stereocenters. The van der Waals surface area contributed by atoms with Crippen LogP contribution in [0.2, 0.25) is 0 Å². The molecule has 1 aliphatic rings. The quantitative estimate of drug-likeness (QED) is 0.839. The number of imidazole rings is 1. The molecule has 0 saturated heterocycles. The van der Waals surface area contributed by atoms with Gasteiger partial charge in [-0.05, 0) is 18.2 Å². The number of aryl methyl sites for hydroxylation is 1. The molecular formula is C13H14FN3O. The number of hydrogen-bond acceptors (Lipinski definition) is 3. The van der Waals surface area contributed by atoms with Gasteiger partial charge in [-0.1, -0.05) is 0 Å². The van der Waals surface area contributed by atoms with Crippen LogP contribution in [0.25, 0.3) is 0 Å². The van der Waals surface area contributed by atoms with Crippen molar-refractivity contribution < 1.29 is 9.13 Å². The Labute approximate surface area is 104 Å². The maximum atomic E-state index is 13.2. The summed E-state index contributed by atoms with van der Waals surface area (Å²) < 4.78 is 21.0. The minimum absolute atomic E-state index is 0.134. The molecule has 2 N–H and O–H groups in total. The Morgan fingerprint density at radius 1 is 1.50 bits per heavy atom. The van der Waals surface area contributed by atoms with Crippen molar-refractivity contribution in [2.75, 3.05) is 0 Å². The SMILES string of the molecule is Cn1cncc1C1C[C@@H](N)c2cc(F)ccc2O1. The van der Waals surface area contributed by atoms with Gasteiger partial charge in [0.1, 0.15) is 17.7 Å². The van der Waals surface area contributed by atoms with E-state index in [1.54, 1.807) is 18.6 Å². The maximum absolute atomic E-state index is 13.2. The number of nitrogens with two attached hydrogens (primary N) is 1. The number of nitrogens with zero attached hydrogens (tertiary/aromatic N) is 2. The van der Waals surface area contributed by atoms with E-state index in [9.17, 15) is 4.39 Å². The summed E-state index contributed by atoms with van der Waals surface area (Å²) in [5, 5.41) is 0. The Balaban J connectivity index is 1.97. The lowest BCUT2D eigenvalue weighted by molar-refractivity contribution is 0.154. The van der Waals surface area contributed by atoms with Crippen molar-refractivity contribution in [3.8, 4) is 5.75 Å². The standard InChI is InChI=1S/C13H14FN3O/c1-17-7-16-6-11(17)13-5-10(15)9-4-8(14)2-3-12(9)18-13/h2-4,6-7,10,13H,5,15H2,1H3/t10-,13?/m1/s1. The molecule has 0 spiro atoms. The lowest BCUT2D eigenvalue weighted by atomic mass is 9.96. The summed E-state index contributed by atoms with van der Waals surface area (Å²) >= 11 is 0. The van der Waals surface area contributed by atoms with E-state index in [2.05, 4.69) is 4.98 Å². The molecule has 0 saturated carbocycles. The number of halogens is 1. The third-order valence-corrected chi connectivity index (χ3v) is 3.29. The van der Waals surface area contributed by atoms with Crippen LogP contribution in [0, 0.1) is 5.82 Å². The highest BCUT2D eigenvalue weighted by atomic mass is 19.1. The average molecular weight is 247 g/mol. The van der Waals surface area contributed by atoms with Gasteiger partial charge in [0.25, 0.3) is 0 Å². The van der Waals surface area contributed by atoms with Gasteiger partial charge in [0.2, 0.25) is 0 Å². The first-order chi connectivity index (χ1) is 8.65. The number of aromatic nitrogens is 2. The molecule has 5 heteroatoms. The summed E-state index contributed by atoms with van der Waals surface area (Å²) in [6, 6.07) is 4.24. The van der Waals surface area contributed by atoms with Crippen LogP contribution in [0.4, 0.5) is 4.39 Å². The van der Waals surface area contributed by atoms with Gasteiger partial charge in [0, 0.05) is 25.1 Å². The number of rotatable bonds is 1. The minimum atomic E-state index is -0.285. The van der Waals surface area contributed by atoms with Gasteiger partial charge in [0.15, 0.2) is 0 Å². The summed E-state index contributed by atoms with van der Waals surface area (Å²) in [4.78, 5) is 4.07. The molecule has 0 amide bonds. The summed E-state index contributed by atoms with van der Waals surface area (Å²) in [6.45, 7) is 0. The number of ether oxygens (including phenoxy) is 1. The molecule has 2 heterocycles. The number of benzene rings is 1. The molecule has 1 aromatic heterocycles. The monoisotopic (exact) mass is 247 g/mol. The topological polar surface area (TPSA) is 53.1 Å². The lowest BCUT2D eigenvalue weighted by Gasteiger charge is -2.30. The van der Waals surface area contributed by atoms with Gasteiger partial charge in [-0.3, -0.25) is 0 Å². The van der Waals surface area contributed by atoms with Crippen LogP contribution in [0.5, 0.6) is 5.75 Å². The van der Waals surface area contributed by atoms with Crippen molar-refractivity contribution in [1.29, 1.82) is 0 Å². The van der Waals surface area contributed by atoms with E-state index >= 15 is 0 Å². The van der Waals surface area contributed by atoms with Gasteiger partial charge in [0.05, 0.1) is 18.2 Å². The first-order valence-electron chi connectivity index (χ1n) is 5.83. The predicted octanol–water partition coefficient (Wildman–Crippen LogP) is 2.08. The molecule has 1 unspecified atom stereocenters. The van der Waals surface area contributed by atoms with E-state index in [0.717, 1.165) is 11.3 Å². The first-order valence-corrected chi connectivity index (χ1v) is 5.83. The van der Waals surface area contributed by atoms with Crippen LogP contribution in [0.1, 0.15) is 29.8 Å². The van der Waals surface area contributed by atoms with Crippen molar-refractivity contribution in [3.05, 3.63) is 47.8 Å². The Morgan fingerprint density at radius 2 is 2.33 bits per heavy atom. The maximum Gasteiger partial charge on any atom is 0.142 e. The van der Waals surface area contributed by atoms with Crippen LogP contribution in [0.3, 0.4) is 0 Å². The zero-order valence-electron chi connectivity index (χ0n) is 10.0. The van der Waals surface area contributed by atoms with E-state index in [1.807, 2.05) is 11.6 Å².